The average molecular weight is 504 g/mol. The second-order valence-corrected chi connectivity index (χ2v) is 10.6. The maximum absolute atomic E-state index is 13.4. The van der Waals surface area contributed by atoms with E-state index in [0.717, 1.165) is 35.9 Å². The first-order valence-corrected chi connectivity index (χ1v) is 13.0. The minimum atomic E-state index is -0.315. The maximum Gasteiger partial charge on any atom is 0.331 e. The molecular formula is C27H29N5O3S. The first-order valence-electron chi connectivity index (χ1n) is 12.2. The number of thiophene rings is 1. The van der Waals surface area contributed by atoms with Crippen LogP contribution >= 0.6 is 11.3 Å². The summed E-state index contributed by atoms with van der Waals surface area (Å²) in [5.74, 6) is 0.0906. The molecule has 0 spiro atoms. The predicted octanol–water partition coefficient (Wildman–Crippen LogP) is 5.09. The van der Waals surface area contributed by atoms with Crippen LogP contribution in [0.15, 0.2) is 49.2 Å². The van der Waals surface area contributed by atoms with Gasteiger partial charge in [0.05, 0.1) is 22.4 Å². The monoisotopic (exact) mass is 503 g/mol. The van der Waals surface area contributed by atoms with Crippen molar-refractivity contribution in [3.05, 3.63) is 59.6 Å². The zero-order chi connectivity index (χ0) is 25.4. The number of hydrogen-bond donors (Lipinski definition) is 2. The van der Waals surface area contributed by atoms with Crippen molar-refractivity contribution < 1.29 is 14.4 Å². The van der Waals surface area contributed by atoms with E-state index in [-0.39, 0.29) is 23.9 Å². The Hall–Kier alpha value is -3.72. The summed E-state index contributed by atoms with van der Waals surface area (Å²) in [6, 6.07) is 9.32. The molecule has 0 aliphatic carbocycles. The second kappa shape index (κ2) is 9.73. The second-order valence-electron chi connectivity index (χ2n) is 9.65. The third kappa shape index (κ3) is 4.46. The highest BCUT2D eigenvalue weighted by Gasteiger charge is 2.33. The number of pyridine rings is 1. The lowest BCUT2D eigenvalue weighted by Gasteiger charge is -2.32. The number of carbonyl (C=O) groups is 3. The first-order chi connectivity index (χ1) is 17.4. The molecule has 0 bridgehead atoms. The van der Waals surface area contributed by atoms with Crippen molar-refractivity contribution in [3.8, 4) is 0 Å². The van der Waals surface area contributed by atoms with Crippen LogP contribution in [0.5, 0.6) is 0 Å². The SMILES string of the molecule is C=CC(=O)N1CCC[C@@H](NC(=O)c2sc3nccc4c3c2NC(=O)N4c2cccc(CC(C)C)c2)C1. The van der Waals surface area contributed by atoms with Crippen molar-refractivity contribution in [2.45, 2.75) is 39.2 Å². The Kier molecular flexibility index (Phi) is 6.49. The zero-order valence-corrected chi connectivity index (χ0v) is 21.2. The number of amides is 4. The number of rotatable bonds is 6. The lowest BCUT2D eigenvalue weighted by Crippen LogP contribution is -2.49. The summed E-state index contributed by atoms with van der Waals surface area (Å²) >= 11 is 1.26. The van der Waals surface area contributed by atoms with E-state index in [9.17, 15) is 14.4 Å². The van der Waals surface area contributed by atoms with Crippen molar-refractivity contribution in [1.82, 2.24) is 15.2 Å². The van der Waals surface area contributed by atoms with E-state index < -0.39 is 0 Å². The highest BCUT2D eigenvalue weighted by molar-refractivity contribution is 7.21. The van der Waals surface area contributed by atoms with Gasteiger partial charge in [0, 0.05) is 25.3 Å². The molecule has 1 saturated heterocycles. The summed E-state index contributed by atoms with van der Waals surface area (Å²) in [6.45, 7) is 8.98. The van der Waals surface area contributed by atoms with E-state index >= 15 is 0 Å². The summed E-state index contributed by atoms with van der Waals surface area (Å²) in [4.78, 5) is 47.6. The van der Waals surface area contributed by atoms with Gasteiger partial charge in [0.15, 0.2) is 0 Å². The van der Waals surface area contributed by atoms with E-state index in [1.807, 2.05) is 24.3 Å². The predicted molar refractivity (Wildman–Crippen MR) is 143 cm³/mol. The minimum absolute atomic E-state index is 0.135. The summed E-state index contributed by atoms with van der Waals surface area (Å²) in [5, 5.41) is 6.77. The fraction of sp³-hybridized carbons (Fsp3) is 0.333. The van der Waals surface area contributed by atoms with Gasteiger partial charge in [0.2, 0.25) is 5.91 Å². The number of piperidine rings is 1. The van der Waals surface area contributed by atoms with Gasteiger partial charge in [0.1, 0.15) is 9.71 Å². The molecule has 5 rings (SSSR count). The Morgan fingerprint density at radius 2 is 2.17 bits per heavy atom. The molecule has 2 aliphatic rings. The summed E-state index contributed by atoms with van der Waals surface area (Å²) in [7, 11) is 0. The van der Waals surface area contributed by atoms with E-state index in [4.69, 9.17) is 0 Å². The van der Waals surface area contributed by atoms with E-state index in [2.05, 4.69) is 42.1 Å². The lowest BCUT2D eigenvalue weighted by molar-refractivity contribution is -0.127. The molecule has 8 nitrogen and oxygen atoms in total. The van der Waals surface area contributed by atoms with Gasteiger partial charge in [-0.05, 0) is 55.0 Å². The van der Waals surface area contributed by atoms with E-state index in [1.54, 1.807) is 16.0 Å². The number of nitrogens with one attached hydrogen (secondary N) is 2. The smallest absolute Gasteiger partial charge is 0.331 e. The quantitative estimate of drug-likeness (QED) is 0.459. The number of anilines is 3. The number of urea groups is 1. The Morgan fingerprint density at radius 3 is 2.94 bits per heavy atom. The normalized spacial score (nSPS) is 17.3. The number of hydrogen-bond acceptors (Lipinski definition) is 5. The first kappa shape index (κ1) is 24.0. The van der Waals surface area contributed by atoms with Crippen LogP contribution in [0.25, 0.3) is 10.2 Å². The molecule has 36 heavy (non-hydrogen) atoms. The van der Waals surface area contributed by atoms with Gasteiger partial charge in [-0.25, -0.2) is 9.78 Å². The van der Waals surface area contributed by atoms with Crippen LogP contribution < -0.4 is 15.5 Å². The molecule has 2 N–H and O–H groups in total. The number of benzene rings is 1. The molecule has 0 radical (unpaired) electrons. The molecule has 4 amide bonds. The van der Waals surface area contributed by atoms with Crippen LogP contribution in [0, 0.1) is 5.92 Å². The Labute approximate surface area is 214 Å². The molecule has 3 aromatic rings. The average Bonchev–Trinajstić information content (AvgIpc) is 3.23. The number of carbonyl (C=O) groups excluding carboxylic acids is 3. The summed E-state index contributed by atoms with van der Waals surface area (Å²) < 4.78 is 0. The molecule has 2 aliphatic heterocycles. The summed E-state index contributed by atoms with van der Waals surface area (Å²) in [5.41, 5.74) is 3.13. The molecule has 186 valence electrons. The van der Waals surface area contributed by atoms with Gasteiger partial charge >= 0.3 is 6.03 Å². The van der Waals surface area contributed by atoms with Gasteiger partial charge in [0.25, 0.3) is 5.91 Å². The van der Waals surface area contributed by atoms with Gasteiger partial charge in [-0.2, -0.15) is 0 Å². The lowest BCUT2D eigenvalue weighted by atomic mass is 10.0. The van der Waals surface area contributed by atoms with Crippen LogP contribution in [-0.4, -0.2) is 46.9 Å². The third-order valence-corrected chi connectivity index (χ3v) is 7.60. The van der Waals surface area contributed by atoms with Crippen LogP contribution in [0.2, 0.25) is 0 Å². The van der Waals surface area contributed by atoms with Crippen LogP contribution in [-0.2, 0) is 11.2 Å². The van der Waals surface area contributed by atoms with Crippen molar-refractivity contribution in [3.63, 3.8) is 0 Å². The molecule has 0 unspecified atom stereocenters. The van der Waals surface area contributed by atoms with Crippen molar-refractivity contribution >= 4 is 56.5 Å². The number of likely N-dealkylation sites (tertiary alicyclic amines) is 1. The largest absolute Gasteiger partial charge is 0.347 e. The number of nitrogens with zero attached hydrogens (tertiary/aromatic N) is 3. The van der Waals surface area contributed by atoms with Gasteiger partial charge in [-0.1, -0.05) is 32.6 Å². The standard InChI is InChI=1S/C27H29N5O3S/c1-4-21(33)31-12-6-8-18(15-31)29-25(34)24-23-22-20(10-11-28-26(22)36-24)32(27(35)30-23)19-9-5-7-17(14-19)13-16(2)3/h4-5,7,9-11,14,16,18H,1,6,8,12-13,15H2,2-3H3,(H,29,34)(H,30,35)/t18-/m1/s1. The fourth-order valence-electron chi connectivity index (χ4n) is 4.97. The van der Waals surface area contributed by atoms with Crippen molar-refractivity contribution in [2.75, 3.05) is 23.3 Å². The molecule has 4 heterocycles. The van der Waals surface area contributed by atoms with Gasteiger partial charge < -0.3 is 15.5 Å². The highest BCUT2D eigenvalue weighted by atomic mass is 32.1. The Bertz CT molecular complexity index is 1360. The molecule has 2 aromatic heterocycles. The van der Waals surface area contributed by atoms with Gasteiger partial charge in [-0.3, -0.25) is 14.5 Å². The minimum Gasteiger partial charge on any atom is -0.347 e. The van der Waals surface area contributed by atoms with E-state index in [0.29, 0.717) is 40.1 Å². The topological polar surface area (TPSA) is 94.6 Å². The van der Waals surface area contributed by atoms with Crippen LogP contribution in [0.1, 0.15) is 41.9 Å². The fourth-order valence-corrected chi connectivity index (χ4v) is 5.99. The molecular weight excluding hydrogens is 474 g/mol. The summed E-state index contributed by atoms with van der Waals surface area (Å²) in [6.07, 6.45) is 5.47. The van der Waals surface area contributed by atoms with Crippen molar-refractivity contribution in [2.24, 2.45) is 5.92 Å². The maximum atomic E-state index is 13.4. The van der Waals surface area contributed by atoms with E-state index in [1.165, 1.54) is 17.4 Å². The molecule has 0 saturated carbocycles. The third-order valence-electron chi connectivity index (χ3n) is 6.51. The van der Waals surface area contributed by atoms with Gasteiger partial charge in [-0.15, -0.1) is 11.3 Å². The Morgan fingerprint density at radius 1 is 1.33 bits per heavy atom. The Balaban J connectivity index is 1.46. The molecule has 1 aromatic carbocycles. The number of aromatic nitrogens is 1. The molecule has 9 heteroatoms. The van der Waals surface area contributed by atoms with Crippen LogP contribution in [0.4, 0.5) is 21.9 Å². The molecule has 1 atom stereocenters. The zero-order valence-electron chi connectivity index (χ0n) is 20.4. The van der Waals surface area contributed by atoms with Crippen LogP contribution in [0.3, 0.4) is 0 Å². The molecule has 1 fully saturated rings. The van der Waals surface area contributed by atoms with Crippen molar-refractivity contribution in [1.29, 1.82) is 0 Å². The highest BCUT2D eigenvalue weighted by Crippen LogP contribution is 2.45.